The molecule has 2 heterocycles. The predicted octanol–water partition coefficient (Wildman–Crippen LogP) is 4.18. The van der Waals surface area contributed by atoms with Gasteiger partial charge in [-0.2, -0.15) is 0 Å². The first kappa shape index (κ1) is 21.0. The van der Waals surface area contributed by atoms with E-state index in [4.69, 9.17) is 4.98 Å². The topological polar surface area (TPSA) is 49.3 Å². The third kappa shape index (κ3) is 4.90. The fraction of sp³-hybridized carbons (Fsp3) is 0.320. The Bertz CT molecular complexity index is 1050. The summed E-state index contributed by atoms with van der Waals surface area (Å²) in [5.41, 5.74) is 3.88. The van der Waals surface area contributed by atoms with Crippen molar-refractivity contribution in [2.24, 2.45) is 0 Å². The lowest BCUT2D eigenvalue weighted by molar-refractivity contribution is 0.0767. The number of carbonyl (C=O) groups is 1. The van der Waals surface area contributed by atoms with Gasteiger partial charge in [-0.25, -0.2) is 14.4 Å². The average molecular weight is 419 g/mol. The Morgan fingerprint density at radius 2 is 1.68 bits per heavy atom. The van der Waals surface area contributed by atoms with E-state index >= 15 is 0 Å². The Labute approximate surface area is 182 Å². The number of carbonyl (C=O) groups excluding carboxylic acids is 1. The highest BCUT2D eigenvalue weighted by molar-refractivity contribution is 5.94. The first-order valence-electron chi connectivity index (χ1n) is 10.7. The van der Waals surface area contributed by atoms with E-state index in [1.54, 1.807) is 12.1 Å². The van der Waals surface area contributed by atoms with Crippen LogP contribution in [-0.2, 0) is 6.42 Å². The third-order valence-electron chi connectivity index (χ3n) is 5.70. The van der Waals surface area contributed by atoms with Crippen molar-refractivity contribution in [1.29, 1.82) is 0 Å². The Kier molecular flexibility index (Phi) is 6.26. The zero-order valence-corrected chi connectivity index (χ0v) is 18.0. The number of hydrogen-bond acceptors (Lipinski definition) is 4. The normalized spacial score (nSPS) is 14.4. The molecule has 5 nitrogen and oxygen atoms in total. The Balaban J connectivity index is 1.55. The molecule has 160 valence electrons. The summed E-state index contributed by atoms with van der Waals surface area (Å²) in [7, 11) is 0. The summed E-state index contributed by atoms with van der Waals surface area (Å²) in [5.74, 6) is 1.33. The van der Waals surface area contributed by atoms with Gasteiger partial charge in [0.2, 0.25) is 0 Å². The van der Waals surface area contributed by atoms with E-state index in [9.17, 15) is 9.18 Å². The molecule has 0 spiro atoms. The second-order valence-electron chi connectivity index (χ2n) is 7.96. The molecular weight excluding hydrogens is 391 g/mol. The molecule has 0 bridgehead atoms. The fourth-order valence-corrected chi connectivity index (χ4v) is 4.09. The van der Waals surface area contributed by atoms with Crippen LogP contribution in [0.25, 0.3) is 0 Å². The number of benzene rings is 2. The van der Waals surface area contributed by atoms with E-state index < -0.39 is 0 Å². The molecule has 2 aromatic carbocycles. The molecule has 31 heavy (non-hydrogen) atoms. The molecule has 3 aromatic rings. The van der Waals surface area contributed by atoms with E-state index in [0.717, 1.165) is 42.3 Å². The van der Waals surface area contributed by atoms with Gasteiger partial charge < -0.3 is 9.80 Å². The highest BCUT2D eigenvalue weighted by atomic mass is 19.1. The Hall–Kier alpha value is -3.28. The van der Waals surface area contributed by atoms with E-state index in [2.05, 4.69) is 22.0 Å². The van der Waals surface area contributed by atoms with Gasteiger partial charge in [0.15, 0.2) is 0 Å². The van der Waals surface area contributed by atoms with Gasteiger partial charge in [-0.05, 0) is 50.1 Å². The largest absolute Gasteiger partial charge is 0.354 e. The molecule has 0 unspecified atom stereocenters. The second kappa shape index (κ2) is 9.25. The van der Waals surface area contributed by atoms with Gasteiger partial charge in [0.25, 0.3) is 5.91 Å². The summed E-state index contributed by atoms with van der Waals surface area (Å²) in [6.07, 6.45) is 1.62. The lowest BCUT2D eigenvalue weighted by atomic mass is 10.0. The minimum absolute atomic E-state index is 0.0543. The fourth-order valence-electron chi connectivity index (χ4n) is 4.09. The SMILES string of the molecule is Cc1nc(C)c(Cc2ccccc2)c(N2CCCN(C(=O)c3ccc(F)cc3)CC2)n1. The van der Waals surface area contributed by atoms with Crippen molar-refractivity contribution >= 4 is 11.7 Å². The van der Waals surface area contributed by atoms with E-state index in [1.165, 1.54) is 17.7 Å². The smallest absolute Gasteiger partial charge is 0.253 e. The zero-order valence-electron chi connectivity index (χ0n) is 18.0. The molecule has 0 radical (unpaired) electrons. The molecular formula is C25H27FN4O. The average Bonchev–Trinajstić information content (AvgIpc) is 3.02. The van der Waals surface area contributed by atoms with Crippen LogP contribution in [0.5, 0.6) is 0 Å². The quantitative estimate of drug-likeness (QED) is 0.638. The number of halogens is 1. The van der Waals surface area contributed by atoms with Gasteiger partial charge >= 0.3 is 0 Å². The maximum absolute atomic E-state index is 13.2. The van der Waals surface area contributed by atoms with Gasteiger partial charge in [0.1, 0.15) is 17.5 Å². The maximum Gasteiger partial charge on any atom is 0.253 e. The van der Waals surface area contributed by atoms with Crippen LogP contribution in [0.2, 0.25) is 0 Å². The molecule has 0 saturated carbocycles. The molecule has 1 amide bonds. The van der Waals surface area contributed by atoms with Crippen molar-refractivity contribution in [2.75, 3.05) is 31.1 Å². The van der Waals surface area contributed by atoms with Gasteiger partial charge in [0, 0.05) is 49.4 Å². The molecule has 0 atom stereocenters. The Morgan fingerprint density at radius 1 is 0.935 bits per heavy atom. The van der Waals surface area contributed by atoms with Crippen LogP contribution in [0.3, 0.4) is 0 Å². The standard InChI is InChI=1S/C25H27FN4O/c1-18-23(17-20-7-4-3-5-8-20)24(28-19(2)27-18)29-13-6-14-30(16-15-29)25(31)21-9-11-22(26)12-10-21/h3-5,7-12H,6,13-17H2,1-2H3. The summed E-state index contributed by atoms with van der Waals surface area (Å²) < 4.78 is 13.2. The summed E-state index contributed by atoms with van der Waals surface area (Å²) in [4.78, 5) is 26.4. The summed E-state index contributed by atoms with van der Waals surface area (Å²) >= 11 is 0. The molecule has 4 rings (SSSR count). The third-order valence-corrected chi connectivity index (χ3v) is 5.70. The van der Waals surface area contributed by atoms with Crippen molar-refractivity contribution in [1.82, 2.24) is 14.9 Å². The predicted molar refractivity (Wildman–Crippen MR) is 120 cm³/mol. The van der Waals surface area contributed by atoms with Gasteiger partial charge in [-0.15, -0.1) is 0 Å². The summed E-state index contributed by atoms with van der Waals surface area (Å²) in [6.45, 7) is 6.76. The molecule has 1 aromatic heterocycles. The first-order chi connectivity index (χ1) is 15.0. The van der Waals surface area contributed by atoms with Crippen molar-refractivity contribution in [3.8, 4) is 0 Å². The number of nitrogens with zero attached hydrogens (tertiary/aromatic N) is 4. The van der Waals surface area contributed by atoms with Crippen LogP contribution >= 0.6 is 0 Å². The number of anilines is 1. The van der Waals surface area contributed by atoms with Crippen molar-refractivity contribution < 1.29 is 9.18 Å². The van der Waals surface area contributed by atoms with E-state index in [0.29, 0.717) is 25.2 Å². The van der Waals surface area contributed by atoms with E-state index in [-0.39, 0.29) is 11.7 Å². The van der Waals surface area contributed by atoms with Crippen molar-refractivity contribution in [3.05, 3.63) is 88.6 Å². The van der Waals surface area contributed by atoms with Crippen LogP contribution in [0.1, 0.15) is 39.4 Å². The van der Waals surface area contributed by atoms with E-state index in [1.807, 2.05) is 36.9 Å². The van der Waals surface area contributed by atoms with Gasteiger partial charge in [0.05, 0.1) is 0 Å². The zero-order chi connectivity index (χ0) is 21.8. The lowest BCUT2D eigenvalue weighted by Crippen LogP contribution is -2.35. The van der Waals surface area contributed by atoms with Crippen LogP contribution in [0.15, 0.2) is 54.6 Å². The van der Waals surface area contributed by atoms with Gasteiger partial charge in [-0.1, -0.05) is 30.3 Å². The minimum atomic E-state index is -0.334. The molecule has 1 fully saturated rings. The minimum Gasteiger partial charge on any atom is -0.354 e. The lowest BCUT2D eigenvalue weighted by Gasteiger charge is -2.26. The van der Waals surface area contributed by atoms with Crippen LogP contribution in [0.4, 0.5) is 10.2 Å². The monoisotopic (exact) mass is 418 g/mol. The Morgan fingerprint density at radius 3 is 2.42 bits per heavy atom. The highest BCUT2D eigenvalue weighted by Gasteiger charge is 2.23. The second-order valence-corrected chi connectivity index (χ2v) is 7.96. The first-order valence-corrected chi connectivity index (χ1v) is 10.7. The number of aryl methyl sites for hydroxylation is 2. The number of rotatable bonds is 4. The summed E-state index contributed by atoms with van der Waals surface area (Å²) in [6, 6.07) is 16.1. The number of aromatic nitrogens is 2. The van der Waals surface area contributed by atoms with Crippen molar-refractivity contribution in [2.45, 2.75) is 26.7 Å². The van der Waals surface area contributed by atoms with Crippen molar-refractivity contribution in [3.63, 3.8) is 0 Å². The van der Waals surface area contributed by atoms with Crippen LogP contribution in [-0.4, -0.2) is 47.0 Å². The molecule has 6 heteroatoms. The van der Waals surface area contributed by atoms with Crippen LogP contribution in [0, 0.1) is 19.7 Å². The molecule has 0 N–H and O–H groups in total. The van der Waals surface area contributed by atoms with Crippen LogP contribution < -0.4 is 4.90 Å². The number of hydrogen-bond donors (Lipinski definition) is 0. The number of amides is 1. The summed E-state index contributed by atoms with van der Waals surface area (Å²) in [5, 5.41) is 0. The maximum atomic E-state index is 13.2. The van der Waals surface area contributed by atoms with Gasteiger partial charge in [-0.3, -0.25) is 4.79 Å². The highest BCUT2D eigenvalue weighted by Crippen LogP contribution is 2.25. The molecule has 1 saturated heterocycles. The molecule has 1 aliphatic heterocycles. The molecule has 0 aliphatic carbocycles. The molecule has 1 aliphatic rings.